The molecule has 2 aromatic rings. The van der Waals surface area contributed by atoms with Gasteiger partial charge in [0.15, 0.2) is 0 Å². The highest BCUT2D eigenvalue weighted by Crippen LogP contribution is 2.27. The SMILES string of the molecule is C=C(OS(=O)(=O)c1ccc(C)cc1)C(=O)OCCOC(=O)CCCC(C)CC(C)(C)CNC(=O)OCCOC(=O)C(=C)OS(=O)(=O)c1ccc(C)cc1. The highest BCUT2D eigenvalue weighted by atomic mass is 32.2. The Balaban J connectivity index is 1.57. The van der Waals surface area contributed by atoms with Crippen molar-refractivity contribution in [2.45, 2.75) is 70.1 Å². The summed E-state index contributed by atoms with van der Waals surface area (Å²) in [5, 5.41) is 2.65. The van der Waals surface area contributed by atoms with Gasteiger partial charge in [0.25, 0.3) is 0 Å². The summed E-state index contributed by atoms with van der Waals surface area (Å²) in [5.74, 6) is -4.03. The summed E-state index contributed by atoms with van der Waals surface area (Å²) in [7, 11) is -8.54. The number of amides is 1. The Morgan fingerprint density at radius 2 is 1.11 bits per heavy atom. The Kier molecular flexibility index (Phi) is 17.0. The molecule has 1 atom stereocenters. The highest BCUT2D eigenvalue weighted by Gasteiger charge is 2.25. The van der Waals surface area contributed by atoms with Crippen molar-refractivity contribution >= 4 is 44.2 Å². The lowest BCUT2D eigenvalue weighted by Gasteiger charge is -2.28. The highest BCUT2D eigenvalue weighted by molar-refractivity contribution is 7.87. The van der Waals surface area contributed by atoms with E-state index in [9.17, 15) is 36.0 Å². The van der Waals surface area contributed by atoms with E-state index in [2.05, 4.69) is 18.5 Å². The summed E-state index contributed by atoms with van der Waals surface area (Å²) in [6, 6.07) is 11.6. The first-order valence-corrected chi connectivity index (χ1v) is 19.3. The third kappa shape index (κ3) is 16.5. The molecule has 0 fully saturated rings. The molecule has 0 spiro atoms. The number of hydrogen-bond acceptors (Lipinski definition) is 14. The molecule has 292 valence electrons. The van der Waals surface area contributed by atoms with Crippen LogP contribution in [0.5, 0.6) is 0 Å². The molecular weight excluding hydrogens is 735 g/mol. The predicted molar refractivity (Wildman–Crippen MR) is 191 cm³/mol. The molecule has 0 bridgehead atoms. The molecule has 0 aliphatic heterocycles. The molecule has 0 aliphatic carbocycles. The van der Waals surface area contributed by atoms with Gasteiger partial charge in [0.2, 0.25) is 11.5 Å². The number of carbonyl (C=O) groups is 4. The van der Waals surface area contributed by atoms with Crippen LogP contribution in [-0.4, -0.2) is 73.8 Å². The van der Waals surface area contributed by atoms with Gasteiger partial charge in [-0.15, -0.1) is 0 Å². The van der Waals surface area contributed by atoms with Crippen LogP contribution in [0, 0.1) is 25.2 Å². The van der Waals surface area contributed by atoms with Crippen LogP contribution in [0.15, 0.2) is 83.0 Å². The fourth-order valence-corrected chi connectivity index (χ4v) is 6.50. The number of aryl methyl sites for hydroxylation is 2. The van der Waals surface area contributed by atoms with Gasteiger partial charge in [-0.1, -0.05) is 62.6 Å². The van der Waals surface area contributed by atoms with Gasteiger partial charge in [0, 0.05) is 13.0 Å². The summed E-state index contributed by atoms with van der Waals surface area (Å²) >= 11 is 0. The van der Waals surface area contributed by atoms with Gasteiger partial charge in [-0.3, -0.25) is 4.79 Å². The van der Waals surface area contributed by atoms with Crippen molar-refractivity contribution in [2.75, 3.05) is 33.0 Å². The summed E-state index contributed by atoms with van der Waals surface area (Å²) in [6.45, 7) is 15.1. The fraction of sp³-hybridized carbons (Fsp3) is 0.444. The van der Waals surface area contributed by atoms with Gasteiger partial charge in [-0.25, -0.2) is 14.4 Å². The van der Waals surface area contributed by atoms with Gasteiger partial charge >= 0.3 is 44.2 Å². The second kappa shape index (κ2) is 20.4. The monoisotopic (exact) mass is 781 g/mol. The van der Waals surface area contributed by atoms with Gasteiger partial charge in [-0.05, 0) is 75.4 Å². The van der Waals surface area contributed by atoms with E-state index in [1.807, 2.05) is 20.8 Å². The number of esters is 3. The molecule has 1 unspecified atom stereocenters. The molecule has 0 aliphatic rings. The largest absolute Gasteiger partial charge is 0.462 e. The van der Waals surface area contributed by atoms with Crippen molar-refractivity contribution in [1.29, 1.82) is 0 Å². The van der Waals surface area contributed by atoms with Crippen LogP contribution in [0.4, 0.5) is 4.79 Å². The van der Waals surface area contributed by atoms with Crippen molar-refractivity contribution in [1.82, 2.24) is 5.32 Å². The Morgan fingerprint density at radius 1 is 0.698 bits per heavy atom. The summed E-state index contributed by atoms with van der Waals surface area (Å²) in [4.78, 5) is 48.1. The average Bonchev–Trinajstić information content (AvgIpc) is 3.07. The number of carbonyl (C=O) groups excluding carboxylic acids is 4. The van der Waals surface area contributed by atoms with E-state index in [4.69, 9.17) is 27.3 Å². The van der Waals surface area contributed by atoms with Gasteiger partial charge in [0.1, 0.15) is 36.2 Å². The number of nitrogens with one attached hydrogen (secondary N) is 1. The zero-order valence-corrected chi connectivity index (χ0v) is 32.1. The molecule has 1 N–H and O–H groups in total. The third-order valence-corrected chi connectivity index (χ3v) is 9.85. The van der Waals surface area contributed by atoms with E-state index in [0.717, 1.165) is 11.1 Å². The molecule has 0 aromatic heterocycles. The zero-order chi connectivity index (χ0) is 39.8. The molecule has 0 radical (unpaired) electrons. The number of alkyl carbamates (subject to hydrolysis) is 1. The topological polar surface area (TPSA) is 204 Å². The molecule has 53 heavy (non-hydrogen) atoms. The molecule has 1 amide bonds. The number of hydrogen-bond donors (Lipinski definition) is 1. The average molecular weight is 782 g/mol. The van der Waals surface area contributed by atoms with Crippen LogP contribution < -0.4 is 5.32 Å². The first-order chi connectivity index (χ1) is 24.7. The Labute approximate surface area is 310 Å². The van der Waals surface area contributed by atoms with Crippen molar-refractivity contribution < 1.29 is 63.3 Å². The minimum Gasteiger partial charge on any atom is -0.462 e. The van der Waals surface area contributed by atoms with Crippen molar-refractivity contribution in [3.05, 3.63) is 84.3 Å². The summed E-state index contributed by atoms with van der Waals surface area (Å²) in [6.07, 6.45) is 1.31. The Morgan fingerprint density at radius 3 is 1.57 bits per heavy atom. The lowest BCUT2D eigenvalue weighted by molar-refractivity contribution is -0.151. The Hall–Kier alpha value is -4.90. The predicted octanol–water partition coefficient (Wildman–Crippen LogP) is 5.02. The fourth-order valence-electron chi connectivity index (χ4n) is 4.71. The lowest BCUT2D eigenvalue weighted by Crippen LogP contribution is -2.35. The van der Waals surface area contributed by atoms with Gasteiger partial charge < -0.3 is 32.6 Å². The van der Waals surface area contributed by atoms with Crippen molar-refractivity contribution in [3.63, 3.8) is 0 Å². The van der Waals surface area contributed by atoms with Gasteiger partial charge in [-0.2, -0.15) is 16.8 Å². The quantitative estimate of drug-likeness (QED) is 0.0416. The molecule has 0 saturated carbocycles. The van der Waals surface area contributed by atoms with Crippen LogP contribution in [0.25, 0.3) is 0 Å². The van der Waals surface area contributed by atoms with E-state index in [1.165, 1.54) is 24.3 Å². The van der Waals surface area contributed by atoms with Crippen molar-refractivity contribution in [3.8, 4) is 0 Å². The second-order valence-corrected chi connectivity index (χ2v) is 16.0. The van der Waals surface area contributed by atoms with E-state index in [1.54, 1.807) is 38.1 Å². The first-order valence-electron chi connectivity index (χ1n) is 16.5. The Bertz CT molecular complexity index is 1820. The smallest absolute Gasteiger partial charge is 0.407 e. The lowest BCUT2D eigenvalue weighted by atomic mass is 9.81. The van der Waals surface area contributed by atoms with Crippen LogP contribution >= 0.6 is 0 Å². The molecule has 15 nitrogen and oxygen atoms in total. The van der Waals surface area contributed by atoms with E-state index < -0.39 is 55.8 Å². The second-order valence-electron chi connectivity index (χ2n) is 12.9. The van der Waals surface area contributed by atoms with E-state index in [0.29, 0.717) is 19.3 Å². The molecule has 2 rings (SSSR count). The molecular formula is C36H47NO14S2. The third-order valence-electron chi connectivity index (χ3n) is 7.31. The summed E-state index contributed by atoms with van der Waals surface area (Å²) < 4.78 is 78.5. The molecule has 17 heteroatoms. The summed E-state index contributed by atoms with van der Waals surface area (Å²) in [5.41, 5.74) is 1.35. The zero-order valence-electron chi connectivity index (χ0n) is 30.5. The van der Waals surface area contributed by atoms with Crippen LogP contribution in [0.3, 0.4) is 0 Å². The molecule has 2 aromatic carbocycles. The maximum Gasteiger partial charge on any atom is 0.407 e. The molecule has 0 heterocycles. The van der Waals surface area contributed by atoms with E-state index >= 15 is 0 Å². The van der Waals surface area contributed by atoms with Crippen LogP contribution in [0.1, 0.15) is 57.6 Å². The maximum absolute atomic E-state index is 12.3. The number of rotatable bonds is 22. The van der Waals surface area contributed by atoms with Crippen molar-refractivity contribution in [2.24, 2.45) is 11.3 Å². The van der Waals surface area contributed by atoms with E-state index in [-0.39, 0.29) is 60.5 Å². The number of benzene rings is 2. The minimum absolute atomic E-state index is 0.126. The standard InChI is InChI=1S/C36H47NO14S2/c1-25-11-15-30(16-12-25)52(42,43)50-28(4)33(39)47-20-19-46-32(38)10-8-9-27(3)23-36(6,7)24-37-35(41)49-22-21-48-34(40)29(5)51-53(44,45)31-17-13-26(2)14-18-31/h11-18,27H,4-5,8-10,19-24H2,1-3,6-7H3,(H,37,41). The van der Waals surface area contributed by atoms with Crippen LogP contribution in [0.2, 0.25) is 0 Å². The van der Waals surface area contributed by atoms with Crippen LogP contribution in [-0.2, 0) is 61.9 Å². The molecule has 0 saturated heterocycles. The normalized spacial score (nSPS) is 12.1. The minimum atomic E-state index is -4.27. The van der Waals surface area contributed by atoms with Gasteiger partial charge in [0.05, 0.1) is 0 Å². The number of ether oxygens (including phenoxy) is 4. The first kappa shape index (κ1) is 44.3. The maximum atomic E-state index is 12.3.